The first-order valence-electron chi connectivity index (χ1n) is 6.19. The number of halogens is 6. The molecule has 1 rings (SSSR count). The van der Waals surface area contributed by atoms with Crippen molar-refractivity contribution in [3.63, 3.8) is 0 Å². The van der Waals surface area contributed by atoms with Crippen molar-refractivity contribution in [3.05, 3.63) is 29.3 Å². The van der Waals surface area contributed by atoms with Crippen LogP contribution >= 0.6 is 0 Å². The Bertz CT molecular complexity index is 479. The second-order valence-corrected chi connectivity index (χ2v) is 4.88. The lowest BCUT2D eigenvalue weighted by molar-refractivity contribution is -0.138. The molecule has 1 aromatic carbocycles. The third-order valence-electron chi connectivity index (χ3n) is 2.92. The Kier molecular flexibility index (Phi) is 5.14. The molecule has 0 fully saturated rings. The molecule has 120 valence electrons. The van der Waals surface area contributed by atoms with Gasteiger partial charge in [-0.3, -0.25) is 0 Å². The summed E-state index contributed by atoms with van der Waals surface area (Å²) >= 11 is 0. The third kappa shape index (κ3) is 4.80. The maximum atomic E-state index is 12.7. The highest BCUT2D eigenvalue weighted by Crippen LogP contribution is 2.34. The van der Waals surface area contributed by atoms with Crippen LogP contribution in [0.5, 0.6) is 0 Å². The van der Waals surface area contributed by atoms with E-state index in [2.05, 4.69) is 0 Å². The van der Waals surface area contributed by atoms with Gasteiger partial charge < -0.3 is 10.6 Å². The van der Waals surface area contributed by atoms with Crippen LogP contribution in [-0.2, 0) is 12.7 Å². The lowest BCUT2D eigenvalue weighted by Crippen LogP contribution is -2.39. The van der Waals surface area contributed by atoms with Crippen LogP contribution in [0.4, 0.5) is 32.0 Å². The summed E-state index contributed by atoms with van der Waals surface area (Å²) in [6.45, 7) is 1.43. The minimum atomic E-state index is -4.58. The number of rotatable bonds is 4. The molecule has 0 saturated carbocycles. The normalized spacial score (nSPS) is 12.9. The van der Waals surface area contributed by atoms with E-state index in [9.17, 15) is 26.3 Å². The van der Waals surface area contributed by atoms with E-state index < -0.39 is 37.0 Å². The monoisotopic (exact) mass is 314 g/mol. The van der Waals surface area contributed by atoms with E-state index in [1.165, 1.54) is 13.8 Å². The van der Waals surface area contributed by atoms with Crippen molar-refractivity contribution < 1.29 is 26.3 Å². The third-order valence-corrected chi connectivity index (χ3v) is 2.92. The van der Waals surface area contributed by atoms with Gasteiger partial charge in [0.2, 0.25) is 0 Å². The summed E-state index contributed by atoms with van der Waals surface area (Å²) in [4.78, 5) is 0.985. The summed E-state index contributed by atoms with van der Waals surface area (Å²) in [7, 11) is 0. The van der Waals surface area contributed by atoms with Crippen molar-refractivity contribution >= 4 is 5.69 Å². The molecule has 0 unspecified atom stereocenters. The largest absolute Gasteiger partial charge is 0.416 e. The molecular weight excluding hydrogens is 298 g/mol. The molecule has 0 saturated heterocycles. The summed E-state index contributed by atoms with van der Waals surface area (Å²) in [5.74, 6) is 0. The lowest BCUT2D eigenvalue weighted by Gasteiger charge is -2.30. The molecule has 0 radical (unpaired) electrons. The number of benzene rings is 1. The molecule has 2 nitrogen and oxygen atoms in total. The molecule has 0 bridgehead atoms. The first-order chi connectivity index (χ1) is 9.45. The maximum Gasteiger partial charge on any atom is 0.416 e. The van der Waals surface area contributed by atoms with Crippen molar-refractivity contribution in [1.29, 1.82) is 0 Å². The van der Waals surface area contributed by atoms with E-state index in [1.54, 1.807) is 0 Å². The maximum absolute atomic E-state index is 12.7. The molecule has 8 heteroatoms. The van der Waals surface area contributed by atoms with Gasteiger partial charge in [-0.1, -0.05) is 0 Å². The Hall–Kier alpha value is -1.44. The number of nitrogens with zero attached hydrogens (tertiary/aromatic N) is 1. The van der Waals surface area contributed by atoms with Crippen molar-refractivity contribution in [2.45, 2.75) is 38.8 Å². The summed E-state index contributed by atoms with van der Waals surface area (Å²) in [5.41, 5.74) is 4.19. The molecule has 2 N–H and O–H groups in total. The van der Waals surface area contributed by atoms with Gasteiger partial charge in [0.1, 0.15) is 6.54 Å². The summed E-state index contributed by atoms with van der Waals surface area (Å²) < 4.78 is 75.9. The summed E-state index contributed by atoms with van der Waals surface area (Å²) in [6.07, 6.45) is -9.03. The van der Waals surface area contributed by atoms with Gasteiger partial charge in [-0.25, -0.2) is 0 Å². The van der Waals surface area contributed by atoms with E-state index in [4.69, 9.17) is 5.73 Å². The lowest BCUT2D eigenvalue weighted by atomic mass is 10.0. The molecule has 0 aromatic heterocycles. The second kappa shape index (κ2) is 6.13. The second-order valence-electron chi connectivity index (χ2n) is 4.88. The Labute approximate surface area is 118 Å². The van der Waals surface area contributed by atoms with E-state index in [-0.39, 0.29) is 11.3 Å². The van der Waals surface area contributed by atoms with E-state index in [1.807, 2.05) is 0 Å². The van der Waals surface area contributed by atoms with E-state index in [0.717, 1.165) is 23.1 Å². The summed E-state index contributed by atoms with van der Waals surface area (Å²) in [6, 6.07) is 2.35. The van der Waals surface area contributed by atoms with Crippen LogP contribution in [0, 0.1) is 0 Å². The van der Waals surface area contributed by atoms with Crippen LogP contribution in [-0.4, -0.2) is 18.8 Å². The Morgan fingerprint density at radius 2 is 1.67 bits per heavy atom. The van der Waals surface area contributed by atoms with Crippen molar-refractivity contribution in [2.24, 2.45) is 5.73 Å². The SMILES string of the molecule is CC(C)N(CC(F)(F)F)c1ccc(C(F)(F)F)c(CN)c1. The van der Waals surface area contributed by atoms with Crippen molar-refractivity contribution in [3.8, 4) is 0 Å². The van der Waals surface area contributed by atoms with Gasteiger partial charge in [0, 0.05) is 18.3 Å². The molecule has 1 aromatic rings. The first-order valence-corrected chi connectivity index (χ1v) is 6.19. The fourth-order valence-corrected chi connectivity index (χ4v) is 1.97. The van der Waals surface area contributed by atoms with Crippen LogP contribution in [0.15, 0.2) is 18.2 Å². The average molecular weight is 314 g/mol. The Balaban J connectivity index is 3.23. The van der Waals surface area contributed by atoms with Crippen LogP contribution in [0.2, 0.25) is 0 Å². The highest BCUT2D eigenvalue weighted by molar-refractivity contribution is 5.52. The van der Waals surface area contributed by atoms with Gasteiger partial charge in [0.15, 0.2) is 0 Å². The fraction of sp³-hybridized carbons (Fsp3) is 0.538. The van der Waals surface area contributed by atoms with Crippen LogP contribution in [0.3, 0.4) is 0 Å². The minimum Gasteiger partial charge on any atom is -0.360 e. The number of anilines is 1. The molecular formula is C13H16F6N2. The van der Waals surface area contributed by atoms with E-state index in [0.29, 0.717) is 0 Å². The van der Waals surface area contributed by atoms with Gasteiger partial charge >= 0.3 is 12.4 Å². The zero-order valence-corrected chi connectivity index (χ0v) is 11.5. The van der Waals surface area contributed by atoms with Crippen molar-refractivity contribution in [1.82, 2.24) is 0 Å². The van der Waals surface area contributed by atoms with Gasteiger partial charge in [-0.15, -0.1) is 0 Å². The number of alkyl halides is 6. The number of nitrogens with two attached hydrogens (primary N) is 1. The molecule has 0 amide bonds. The predicted octanol–water partition coefficient (Wildman–Crippen LogP) is 3.94. The molecule has 0 aliphatic carbocycles. The van der Waals surface area contributed by atoms with Gasteiger partial charge in [-0.2, -0.15) is 26.3 Å². The molecule has 21 heavy (non-hydrogen) atoms. The Morgan fingerprint density at radius 1 is 1.10 bits per heavy atom. The van der Waals surface area contributed by atoms with Gasteiger partial charge in [-0.05, 0) is 37.6 Å². The zero-order valence-electron chi connectivity index (χ0n) is 11.5. The smallest absolute Gasteiger partial charge is 0.360 e. The number of hydrogen-bond donors (Lipinski definition) is 1. The number of hydrogen-bond acceptors (Lipinski definition) is 2. The topological polar surface area (TPSA) is 29.3 Å². The fourth-order valence-electron chi connectivity index (χ4n) is 1.97. The summed E-state index contributed by atoms with van der Waals surface area (Å²) in [5, 5.41) is 0. The highest BCUT2D eigenvalue weighted by atomic mass is 19.4. The molecule has 0 atom stereocenters. The van der Waals surface area contributed by atoms with Gasteiger partial charge in [0.05, 0.1) is 5.56 Å². The quantitative estimate of drug-likeness (QED) is 0.853. The molecule has 0 aliphatic heterocycles. The highest BCUT2D eigenvalue weighted by Gasteiger charge is 2.35. The van der Waals surface area contributed by atoms with Crippen molar-refractivity contribution in [2.75, 3.05) is 11.4 Å². The van der Waals surface area contributed by atoms with Gasteiger partial charge in [0.25, 0.3) is 0 Å². The molecule has 0 heterocycles. The zero-order chi connectivity index (χ0) is 16.4. The predicted molar refractivity (Wildman–Crippen MR) is 67.9 cm³/mol. The van der Waals surface area contributed by atoms with E-state index >= 15 is 0 Å². The van der Waals surface area contributed by atoms with Crippen LogP contribution in [0.25, 0.3) is 0 Å². The average Bonchev–Trinajstić information content (AvgIpc) is 2.32. The van der Waals surface area contributed by atoms with Crippen LogP contribution < -0.4 is 10.6 Å². The van der Waals surface area contributed by atoms with Crippen LogP contribution in [0.1, 0.15) is 25.0 Å². The molecule has 0 spiro atoms. The minimum absolute atomic E-state index is 0.0655. The molecule has 0 aliphatic rings. The first kappa shape index (κ1) is 17.6. The Morgan fingerprint density at radius 3 is 2.05 bits per heavy atom. The standard InChI is InChI=1S/C13H16F6N2/c1-8(2)21(7-12(14,15)16)10-3-4-11(13(17,18)19)9(5-10)6-20/h3-5,8H,6-7,20H2,1-2H3.